The first kappa shape index (κ1) is 30.3. The molecule has 5 heteroatoms. The zero-order chi connectivity index (χ0) is 35.6. The van der Waals surface area contributed by atoms with Gasteiger partial charge in [-0.05, 0) is 47.5 Å². The van der Waals surface area contributed by atoms with Gasteiger partial charge in [-0.2, -0.15) is 0 Å². The molecule has 4 heterocycles. The van der Waals surface area contributed by atoms with Crippen molar-refractivity contribution >= 4 is 49.4 Å². The van der Waals surface area contributed by atoms with Gasteiger partial charge >= 0.3 is 0 Å². The predicted octanol–water partition coefficient (Wildman–Crippen LogP) is 12.2. The molecule has 252 valence electrons. The summed E-state index contributed by atoms with van der Waals surface area (Å²) in [7, 11) is 0. The summed E-state index contributed by atoms with van der Waals surface area (Å²) in [6.45, 7) is 0. The van der Waals surface area contributed by atoms with E-state index in [1.165, 1.54) is 21.8 Å². The molecule has 0 fully saturated rings. The zero-order valence-corrected chi connectivity index (χ0v) is 29.1. The fraction of sp³-hybridized carbons (Fsp3) is 0. The summed E-state index contributed by atoms with van der Waals surface area (Å²) < 4.78 is 4.77. The minimum absolute atomic E-state index is 0.714. The molecule has 0 amide bonds. The van der Waals surface area contributed by atoms with Crippen LogP contribution in [0.1, 0.15) is 0 Å². The van der Waals surface area contributed by atoms with E-state index in [0.29, 0.717) is 5.82 Å². The lowest BCUT2D eigenvalue weighted by atomic mass is 10.0. The van der Waals surface area contributed by atoms with Gasteiger partial charge in [0.2, 0.25) is 0 Å². The maximum atomic E-state index is 5.14. The van der Waals surface area contributed by atoms with Gasteiger partial charge in [0.05, 0.1) is 39.0 Å². The minimum atomic E-state index is 0.714. The summed E-state index contributed by atoms with van der Waals surface area (Å²) in [6, 6.07) is 66.0. The molecule has 0 unspecified atom stereocenters. The van der Waals surface area contributed by atoms with Crippen molar-refractivity contribution in [2.75, 3.05) is 0 Å². The summed E-state index contributed by atoms with van der Waals surface area (Å²) in [5.74, 6) is 0.714. The number of nitrogens with zero attached hydrogens (tertiary/aromatic N) is 5. The Balaban J connectivity index is 1.02. The lowest BCUT2D eigenvalue weighted by Crippen LogP contribution is -1.97. The predicted molar refractivity (Wildman–Crippen MR) is 222 cm³/mol. The van der Waals surface area contributed by atoms with Crippen molar-refractivity contribution in [1.29, 1.82) is 0 Å². The standard InChI is InChI=1S/C49H31N5/c1-3-13-34(14-4-1)42-31-43(51-48(50-42)36-15-5-2-6-16-36)35-25-23-32(24-26-35)33-27-29-37(30-28-33)53-44-21-11-9-19-40(44)47-46(53)38-17-7-8-18-39(38)49-52-41-20-10-12-22-45(41)54(47)49/h1-31H. The average Bonchev–Trinajstić information content (AvgIpc) is 3.81. The number of para-hydroxylation sites is 3. The number of hydrogen-bond acceptors (Lipinski definition) is 3. The second-order valence-electron chi connectivity index (χ2n) is 13.7. The van der Waals surface area contributed by atoms with E-state index in [0.717, 1.165) is 72.5 Å². The molecule has 5 nitrogen and oxygen atoms in total. The molecule has 0 N–H and O–H groups in total. The molecule has 0 bridgehead atoms. The third-order valence-corrected chi connectivity index (χ3v) is 10.5. The third kappa shape index (κ3) is 4.76. The van der Waals surface area contributed by atoms with Crippen molar-refractivity contribution in [2.24, 2.45) is 0 Å². The zero-order valence-electron chi connectivity index (χ0n) is 29.1. The van der Waals surface area contributed by atoms with Crippen molar-refractivity contribution in [3.05, 3.63) is 188 Å². The largest absolute Gasteiger partial charge is 0.307 e. The Bertz CT molecular complexity index is 3120. The maximum Gasteiger partial charge on any atom is 0.160 e. The molecule has 54 heavy (non-hydrogen) atoms. The van der Waals surface area contributed by atoms with E-state index in [4.69, 9.17) is 15.0 Å². The molecule has 0 aliphatic heterocycles. The monoisotopic (exact) mass is 689 g/mol. The lowest BCUT2D eigenvalue weighted by molar-refractivity contribution is 1.18. The van der Waals surface area contributed by atoms with E-state index in [1.54, 1.807) is 0 Å². The molecular weight excluding hydrogens is 659 g/mol. The van der Waals surface area contributed by atoms with Gasteiger partial charge in [-0.15, -0.1) is 0 Å². The Morgan fingerprint density at radius 1 is 0.352 bits per heavy atom. The number of hydrogen-bond donors (Lipinski definition) is 0. The van der Waals surface area contributed by atoms with Crippen molar-refractivity contribution in [3.63, 3.8) is 0 Å². The number of aromatic nitrogens is 5. The topological polar surface area (TPSA) is 48.0 Å². The molecule has 0 saturated heterocycles. The van der Waals surface area contributed by atoms with Gasteiger partial charge in [-0.1, -0.05) is 152 Å². The first-order valence-corrected chi connectivity index (χ1v) is 18.2. The average molecular weight is 690 g/mol. The first-order valence-electron chi connectivity index (χ1n) is 18.2. The summed E-state index contributed by atoms with van der Waals surface area (Å²) >= 11 is 0. The molecule has 0 radical (unpaired) electrons. The summed E-state index contributed by atoms with van der Waals surface area (Å²) in [6.07, 6.45) is 0. The highest BCUT2D eigenvalue weighted by molar-refractivity contribution is 6.21. The molecule has 0 aliphatic carbocycles. The second-order valence-corrected chi connectivity index (χ2v) is 13.7. The SMILES string of the molecule is c1ccc(-c2cc(-c3ccc(-c4ccc(-n5c6ccccc6c6c5c5ccccc5c5nc7ccccc7n56)cc4)cc3)nc(-c3ccccc3)n2)cc1. The number of imidazole rings is 1. The van der Waals surface area contributed by atoms with Crippen molar-refractivity contribution in [3.8, 4) is 50.7 Å². The van der Waals surface area contributed by atoms with E-state index < -0.39 is 0 Å². The van der Waals surface area contributed by atoms with Crippen LogP contribution >= 0.6 is 0 Å². The summed E-state index contributed by atoms with van der Waals surface area (Å²) in [5.41, 5.74) is 14.9. The van der Waals surface area contributed by atoms with Crippen LogP contribution in [-0.4, -0.2) is 23.9 Å². The van der Waals surface area contributed by atoms with Crippen LogP contribution in [0.15, 0.2) is 188 Å². The van der Waals surface area contributed by atoms with Gasteiger partial charge < -0.3 is 4.57 Å². The van der Waals surface area contributed by atoms with Crippen LogP contribution in [0.2, 0.25) is 0 Å². The number of benzene rings is 7. The fourth-order valence-corrected chi connectivity index (χ4v) is 7.99. The van der Waals surface area contributed by atoms with Gasteiger partial charge in [0.25, 0.3) is 0 Å². The third-order valence-electron chi connectivity index (χ3n) is 10.5. The van der Waals surface area contributed by atoms with Gasteiger partial charge in [-0.25, -0.2) is 15.0 Å². The Labute approximate surface area is 311 Å². The van der Waals surface area contributed by atoms with Crippen LogP contribution in [0.3, 0.4) is 0 Å². The van der Waals surface area contributed by atoms with Gasteiger partial charge in [-0.3, -0.25) is 4.40 Å². The Kier molecular flexibility index (Phi) is 6.79. The van der Waals surface area contributed by atoms with Gasteiger partial charge in [0.1, 0.15) is 5.65 Å². The highest BCUT2D eigenvalue weighted by Crippen LogP contribution is 2.40. The molecule has 11 aromatic rings. The van der Waals surface area contributed by atoms with E-state index in [1.807, 2.05) is 36.4 Å². The maximum absolute atomic E-state index is 5.14. The summed E-state index contributed by atoms with van der Waals surface area (Å²) in [4.78, 5) is 15.1. The lowest BCUT2D eigenvalue weighted by Gasteiger charge is -2.12. The quantitative estimate of drug-likeness (QED) is 0.181. The van der Waals surface area contributed by atoms with E-state index in [-0.39, 0.29) is 0 Å². The van der Waals surface area contributed by atoms with Crippen LogP contribution < -0.4 is 0 Å². The molecule has 0 saturated carbocycles. The molecule has 0 atom stereocenters. The number of pyridine rings is 1. The molecule has 11 rings (SSSR count). The highest BCUT2D eigenvalue weighted by atomic mass is 15.1. The molecule has 0 aliphatic rings. The normalized spacial score (nSPS) is 11.7. The van der Waals surface area contributed by atoms with E-state index in [9.17, 15) is 0 Å². The number of fused-ring (bicyclic) bond motifs is 10. The fourth-order valence-electron chi connectivity index (χ4n) is 7.99. The van der Waals surface area contributed by atoms with Gasteiger partial charge in [0.15, 0.2) is 5.82 Å². The number of rotatable bonds is 5. The smallest absolute Gasteiger partial charge is 0.160 e. The molecule has 7 aromatic carbocycles. The van der Waals surface area contributed by atoms with Crippen LogP contribution in [0.25, 0.3) is 100 Å². The summed E-state index contributed by atoms with van der Waals surface area (Å²) in [5, 5.41) is 3.51. The van der Waals surface area contributed by atoms with Crippen LogP contribution in [0.5, 0.6) is 0 Å². The van der Waals surface area contributed by atoms with E-state index in [2.05, 4.69) is 161 Å². The second kappa shape index (κ2) is 12.1. The Hall–Kier alpha value is -7.37. The molecule has 0 spiro atoms. The molecule has 4 aromatic heterocycles. The Morgan fingerprint density at radius 3 is 1.57 bits per heavy atom. The Morgan fingerprint density at radius 2 is 0.870 bits per heavy atom. The van der Waals surface area contributed by atoms with Crippen molar-refractivity contribution in [2.45, 2.75) is 0 Å². The van der Waals surface area contributed by atoms with Crippen molar-refractivity contribution in [1.82, 2.24) is 23.9 Å². The van der Waals surface area contributed by atoms with Crippen LogP contribution in [0, 0.1) is 0 Å². The van der Waals surface area contributed by atoms with Crippen LogP contribution in [0.4, 0.5) is 0 Å². The van der Waals surface area contributed by atoms with E-state index >= 15 is 0 Å². The van der Waals surface area contributed by atoms with Gasteiger partial charge in [0, 0.05) is 38.5 Å². The minimum Gasteiger partial charge on any atom is -0.307 e. The molecular formula is C49H31N5. The first-order chi connectivity index (χ1) is 26.8. The van der Waals surface area contributed by atoms with Crippen LogP contribution in [-0.2, 0) is 0 Å². The van der Waals surface area contributed by atoms with Crippen molar-refractivity contribution < 1.29 is 0 Å². The highest BCUT2D eigenvalue weighted by Gasteiger charge is 2.21.